The molecule has 0 bridgehead atoms. The second-order valence-electron chi connectivity index (χ2n) is 5.27. The van der Waals surface area contributed by atoms with Crippen LogP contribution in [0.25, 0.3) is 10.2 Å². The van der Waals surface area contributed by atoms with E-state index in [1.165, 1.54) is 37.2 Å². The molecule has 0 saturated carbocycles. The SMILES string of the molecule is Cn1c(N)c(C(=O)CSc2nc3cc(Cl)ccc3s2)c(=O)n(C)c1=O. The van der Waals surface area contributed by atoms with Gasteiger partial charge in [-0.05, 0) is 18.2 Å². The van der Waals surface area contributed by atoms with E-state index in [4.69, 9.17) is 17.3 Å². The van der Waals surface area contributed by atoms with Crippen molar-refractivity contribution in [2.45, 2.75) is 4.34 Å². The number of nitrogen functional groups attached to an aromatic ring is 1. The predicted molar refractivity (Wildman–Crippen MR) is 101 cm³/mol. The monoisotopic (exact) mass is 396 g/mol. The van der Waals surface area contributed by atoms with E-state index >= 15 is 0 Å². The Morgan fingerprint density at radius 1 is 1.32 bits per heavy atom. The predicted octanol–water partition coefficient (Wildman–Crippen LogP) is 1.90. The third-order valence-corrected chi connectivity index (χ3v) is 6.06. The van der Waals surface area contributed by atoms with Gasteiger partial charge in [-0.2, -0.15) is 0 Å². The molecule has 25 heavy (non-hydrogen) atoms. The first-order chi connectivity index (χ1) is 11.8. The molecule has 7 nitrogen and oxygen atoms in total. The number of thioether (sulfide) groups is 1. The van der Waals surface area contributed by atoms with E-state index in [1.54, 1.807) is 12.1 Å². The molecule has 0 radical (unpaired) electrons. The molecule has 130 valence electrons. The number of hydrogen-bond donors (Lipinski definition) is 1. The molecule has 0 aliphatic carbocycles. The first-order valence-corrected chi connectivity index (χ1v) is 9.25. The number of rotatable bonds is 4. The molecule has 3 aromatic rings. The number of fused-ring (bicyclic) bond motifs is 1. The fraction of sp³-hybridized carbons (Fsp3) is 0.200. The number of nitrogens with two attached hydrogens (primary N) is 1. The van der Waals surface area contributed by atoms with Crippen molar-refractivity contribution in [2.75, 3.05) is 11.5 Å². The highest BCUT2D eigenvalue weighted by Crippen LogP contribution is 2.31. The van der Waals surface area contributed by atoms with Crippen LogP contribution in [0.5, 0.6) is 0 Å². The molecule has 3 rings (SSSR count). The molecule has 2 N–H and O–H groups in total. The van der Waals surface area contributed by atoms with Crippen LogP contribution >= 0.6 is 34.7 Å². The van der Waals surface area contributed by atoms with Crippen LogP contribution in [-0.4, -0.2) is 25.7 Å². The largest absolute Gasteiger partial charge is 0.384 e. The number of hydrogen-bond acceptors (Lipinski definition) is 7. The molecule has 0 aliphatic rings. The van der Waals surface area contributed by atoms with Gasteiger partial charge < -0.3 is 5.73 Å². The first kappa shape index (κ1) is 17.7. The first-order valence-electron chi connectivity index (χ1n) is 7.07. The number of anilines is 1. The molecule has 0 unspecified atom stereocenters. The quantitative estimate of drug-likeness (QED) is 0.534. The van der Waals surface area contributed by atoms with E-state index in [0.29, 0.717) is 9.36 Å². The molecule has 0 saturated heterocycles. The lowest BCUT2D eigenvalue weighted by Gasteiger charge is -2.10. The number of ketones is 1. The highest BCUT2D eigenvalue weighted by Gasteiger charge is 2.20. The summed E-state index contributed by atoms with van der Waals surface area (Å²) in [4.78, 5) is 40.9. The number of nitrogens with zero attached hydrogens (tertiary/aromatic N) is 3. The molecule has 2 aromatic heterocycles. The van der Waals surface area contributed by atoms with Crippen molar-refractivity contribution >= 4 is 56.5 Å². The Balaban J connectivity index is 1.88. The maximum atomic E-state index is 12.5. The van der Waals surface area contributed by atoms with E-state index in [9.17, 15) is 14.4 Å². The molecule has 0 amide bonds. The number of aromatic nitrogens is 3. The minimum atomic E-state index is -0.692. The van der Waals surface area contributed by atoms with Crippen LogP contribution < -0.4 is 17.0 Å². The van der Waals surface area contributed by atoms with Crippen molar-refractivity contribution < 1.29 is 4.79 Å². The molecule has 2 heterocycles. The molecule has 0 fully saturated rings. The van der Waals surface area contributed by atoms with E-state index in [2.05, 4.69) is 4.98 Å². The second kappa shape index (κ2) is 6.66. The van der Waals surface area contributed by atoms with Gasteiger partial charge in [-0.1, -0.05) is 23.4 Å². The minimum Gasteiger partial charge on any atom is -0.384 e. The molecule has 1 aromatic carbocycles. The zero-order chi connectivity index (χ0) is 18.3. The van der Waals surface area contributed by atoms with Crippen molar-refractivity contribution in [3.05, 3.63) is 49.6 Å². The maximum absolute atomic E-state index is 12.5. The molecular weight excluding hydrogens is 384 g/mol. The molecular formula is C15H13ClN4O3S2. The average molecular weight is 397 g/mol. The van der Waals surface area contributed by atoms with Crippen molar-refractivity contribution in [2.24, 2.45) is 14.1 Å². The number of thiazole rings is 1. The Labute approximate surface area is 155 Å². The third-order valence-electron chi connectivity index (χ3n) is 3.65. The fourth-order valence-corrected chi connectivity index (χ4v) is 4.35. The minimum absolute atomic E-state index is 0.00873. The van der Waals surface area contributed by atoms with Gasteiger partial charge in [-0.3, -0.25) is 18.7 Å². The van der Waals surface area contributed by atoms with Gasteiger partial charge in [-0.25, -0.2) is 9.78 Å². The third kappa shape index (κ3) is 3.22. The van der Waals surface area contributed by atoms with Crippen molar-refractivity contribution in [1.29, 1.82) is 0 Å². The summed E-state index contributed by atoms with van der Waals surface area (Å²) >= 11 is 8.58. The zero-order valence-corrected chi connectivity index (χ0v) is 15.7. The summed E-state index contributed by atoms with van der Waals surface area (Å²) in [6.07, 6.45) is 0. The van der Waals surface area contributed by atoms with Gasteiger partial charge in [-0.15, -0.1) is 11.3 Å². The van der Waals surface area contributed by atoms with Crippen LogP contribution in [0.3, 0.4) is 0 Å². The number of benzene rings is 1. The Morgan fingerprint density at radius 2 is 2.04 bits per heavy atom. The van der Waals surface area contributed by atoms with Gasteiger partial charge in [0.2, 0.25) is 0 Å². The topological polar surface area (TPSA) is 100.0 Å². The number of carbonyl (C=O) groups excluding carboxylic acids is 1. The highest BCUT2D eigenvalue weighted by atomic mass is 35.5. The lowest BCUT2D eigenvalue weighted by atomic mass is 10.2. The van der Waals surface area contributed by atoms with E-state index in [1.807, 2.05) is 6.07 Å². The fourth-order valence-electron chi connectivity index (χ4n) is 2.26. The Kier molecular flexibility index (Phi) is 4.72. The summed E-state index contributed by atoms with van der Waals surface area (Å²) in [7, 11) is 2.73. The zero-order valence-electron chi connectivity index (χ0n) is 13.3. The van der Waals surface area contributed by atoms with Gasteiger partial charge in [0.15, 0.2) is 10.1 Å². The van der Waals surface area contributed by atoms with E-state index in [0.717, 1.165) is 19.4 Å². The summed E-state index contributed by atoms with van der Waals surface area (Å²) in [5.74, 6) is -0.587. The normalized spacial score (nSPS) is 11.2. The Hall–Kier alpha value is -2.10. The summed E-state index contributed by atoms with van der Waals surface area (Å²) in [5, 5.41) is 0.590. The van der Waals surface area contributed by atoms with Crippen LogP contribution in [0.2, 0.25) is 5.02 Å². The van der Waals surface area contributed by atoms with Crippen LogP contribution in [0.1, 0.15) is 10.4 Å². The lowest BCUT2D eigenvalue weighted by Crippen LogP contribution is -2.41. The van der Waals surface area contributed by atoms with Crippen molar-refractivity contribution in [3.63, 3.8) is 0 Å². The van der Waals surface area contributed by atoms with E-state index < -0.39 is 17.0 Å². The van der Waals surface area contributed by atoms with Crippen LogP contribution in [-0.2, 0) is 14.1 Å². The smallest absolute Gasteiger partial charge is 0.332 e. The highest BCUT2D eigenvalue weighted by molar-refractivity contribution is 8.01. The lowest BCUT2D eigenvalue weighted by molar-refractivity contribution is 0.102. The van der Waals surface area contributed by atoms with Gasteiger partial charge in [0.1, 0.15) is 11.4 Å². The summed E-state index contributed by atoms with van der Waals surface area (Å²) in [6, 6.07) is 5.39. The number of Topliss-reactive ketones (excluding diaryl/α,β-unsaturated/α-hetero) is 1. The van der Waals surface area contributed by atoms with Crippen LogP contribution in [0.15, 0.2) is 32.1 Å². The molecule has 0 atom stereocenters. The molecule has 0 aliphatic heterocycles. The van der Waals surface area contributed by atoms with Gasteiger partial charge >= 0.3 is 5.69 Å². The average Bonchev–Trinajstić information content (AvgIpc) is 2.98. The van der Waals surface area contributed by atoms with Gasteiger partial charge in [0.05, 0.1) is 16.0 Å². The van der Waals surface area contributed by atoms with Crippen molar-refractivity contribution in [3.8, 4) is 0 Å². The molecule has 0 spiro atoms. The van der Waals surface area contributed by atoms with Crippen molar-refractivity contribution in [1.82, 2.24) is 14.1 Å². The second-order valence-corrected chi connectivity index (χ2v) is 7.96. The maximum Gasteiger partial charge on any atom is 0.332 e. The van der Waals surface area contributed by atoms with Crippen LogP contribution in [0.4, 0.5) is 5.82 Å². The summed E-state index contributed by atoms with van der Waals surface area (Å²) in [6.45, 7) is 0. The van der Waals surface area contributed by atoms with Gasteiger partial charge in [0.25, 0.3) is 5.56 Å². The number of halogens is 1. The summed E-state index contributed by atoms with van der Waals surface area (Å²) < 4.78 is 3.59. The standard InChI is InChI=1S/C15H13ClN4O3S2/c1-19-12(17)11(13(22)20(2)15(19)23)9(21)6-24-14-18-8-5-7(16)3-4-10(8)25-14/h3-5H,6,17H2,1-2H3. The Bertz CT molecular complexity index is 1120. The number of carbonyl (C=O) groups is 1. The summed E-state index contributed by atoms with van der Waals surface area (Å²) in [5.41, 5.74) is 5.10. The van der Waals surface area contributed by atoms with Crippen LogP contribution in [0, 0.1) is 0 Å². The van der Waals surface area contributed by atoms with E-state index in [-0.39, 0.29) is 17.1 Å². The Morgan fingerprint density at radius 3 is 2.76 bits per heavy atom. The molecule has 10 heteroatoms. The van der Waals surface area contributed by atoms with Gasteiger partial charge in [0, 0.05) is 19.1 Å².